The molecule has 114 valence electrons. The van der Waals surface area contributed by atoms with Gasteiger partial charge in [0.15, 0.2) is 6.61 Å². The molecule has 6 heteroatoms. The lowest BCUT2D eigenvalue weighted by Crippen LogP contribution is -2.46. The van der Waals surface area contributed by atoms with E-state index in [-0.39, 0.29) is 18.1 Å². The van der Waals surface area contributed by atoms with Crippen LogP contribution in [0.2, 0.25) is 0 Å². The zero-order valence-corrected chi connectivity index (χ0v) is 12.0. The van der Waals surface area contributed by atoms with Gasteiger partial charge < -0.3 is 20.5 Å². The first-order chi connectivity index (χ1) is 9.89. The predicted molar refractivity (Wildman–Crippen MR) is 76.9 cm³/mol. The summed E-state index contributed by atoms with van der Waals surface area (Å²) >= 11 is 0. The first-order valence-electron chi connectivity index (χ1n) is 6.91. The summed E-state index contributed by atoms with van der Waals surface area (Å²) in [5.74, 6) is -0.445. The highest BCUT2D eigenvalue weighted by atomic mass is 16.5. The summed E-state index contributed by atoms with van der Waals surface area (Å²) in [5, 5.41) is 9.86. The van der Waals surface area contributed by atoms with Crippen molar-refractivity contribution in [3.63, 3.8) is 0 Å². The van der Waals surface area contributed by atoms with Gasteiger partial charge in [0.05, 0.1) is 11.2 Å². The molecule has 1 saturated heterocycles. The van der Waals surface area contributed by atoms with Crippen molar-refractivity contribution in [2.24, 2.45) is 5.73 Å². The van der Waals surface area contributed by atoms with Gasteiger partial charge in [0.2, 0.25) is 0 Å². The molecule has 1 aromatic rings. The van der Waals surface area contributed by atoms with Crippen molar-refractivity contribution in [1.29, 1.82) is 0 Å². The van der Waals surface area contributed by atoms with Gasteiger partial charge in [0.1, 0.15) is 5.75 Å². The van der Waals surface area contributed by atoms with E-state index in [1.807, 2.05) is 0 Å². The van der Waals surface area contributed by atoms with Crippen LogP contribution in [0.25, 0.3) is 0 Å². The van der Waals surface area contributed by atoms with Crippen LogP contribution in [0.3, 0.4) is 0 Å². The molecular weight excluding hydrogens is 272 g/mol. The summed E-state index contributed by atoms with van der Waals surface area (Å²) in [6.45, 7) is 2.64. The minimum Gasteiger partial charge on any atom is -0.483 e. The van der Waals surface area contributed by atoms with Gasteiger partial charge in [-0.2, -0.15) is 0 Å². The van der Waals surface area contributed by atoms with E-state index in [0.29, 0.717) is 31.7 Å². The monoisotopic (exact) mass is 292 g/mol. The molecule has 1 heterocycles. The number of hydrogen-bond acceptors (Lipinski definition) is 4. The maximum atomic E-state index is 12.1. The summed E-state index contributed by atoms with van der Waals surface area (Å²) in [6.07, 6.45) is 1.10. The lowest BCUT2D eigenvalue weighted by atomic mass is 9.94. The van der Waals surface area contributed by atoms with Crippen LogP contribution in [0.4, 0.5) is 0 Å². The molecule has 1 fully saturated rings. The van der Waals surface area contributed by atoms with Gasteiger partial charge in [-0.3, -0.25) is 9.59 Å². The molecule has 2 rings (SSSR count). The summed E-state index contributed by atoms with van der Waals surface area (Å²) < 4.78 is 5.41. The number of likely N-dealkylation sites (tertiary alicyclic amines) is 1. The van der Waals surface area contributed by atoms with Crippen molar-refractivity contribution in [2.45, 2.75) is 25.4 Å². The number of primary amides is 1. The number of ether oxygens (including phenoxy) is 1. The topological polar surface area (TPSA) is 92.9 Å². The Balaban J connectivity index is 1.92. The molecule has 0 unspecified atom stereocenters. The van der Waals surface area contributed by atoms with Crippen LogP contribution < -0.4 is 10.5 Å². The van der Waals surface area contributed by atoms with Gasteiger partial charge >= 0.3 is 0 Å². The molecule has 0 aliphatic carbocycles. The summed E-state index contributed by atoms with van der Waals surface area (Å²) in [7, 11) is 0. The van der Waals surface area contributed by atoms with E-state index < -0.39 is 11.5 Å². The van der Waals surface area contributed by atoms with Gasteiger partial charge in [-0.25, -0.2) is 0 Å². The quantitative estimate of drug-likeness (QED) is 0.847. The molecule has 3 N–H and O–H groups in total. The Labute approximate surface area is 123 Å². The molecule has 0 saturated carbocycles. The zero-order valence-electron chi connectivity index (χ0n) is 12.0. The predicted octanol–water partition coefficient (Wildman–Crippen LogP) is 0.538. The third-order valence-corrected chi connectivity index (χ3v) is 3.70. The van der Waals surface area contributed by atoms with E-state index in [2.05, 4.69) is 0 Å². The lowest BCUT2D eigenvalue weighted by molar-refractivity contribution is -0.137. The Kier molecular flexibility index (Phi) is 4.47. The maximum Gasteiger partial charge on any atom is 0.260 e. The second kappa shape index (κ2) is 6.13. The van der Waals surface area contributed by atoms with Gasteiger partial charge in [-0.05, 0) is 31.9 Å². The number of benzene rings is 1. The number of nitrogens with two attached hydrogens (primary N) is 1. The molecule has 6 nitrogen and oxygen atoms in total. The van der Waals surface area contributed by atoms with Gasteiger partial charge in [0, 0.05) is 13.1 Å². The molecule has 0 bridgehead atoms. The Hall–Kier alpha value is -2.08. The van der Waals surface area contributed by atoms with Crippen LogP contribution in [0.15, 0.2) is 24.3 Å². The Morgan fingerprint density at radius 3 is 2.57 bits per heavy atom. The first kappa shape index (κ1) is 15.3. The number of nitrogens with zero attached hydrogens (tertiary/aromatic N) is 1. The summed E-state index contributed by atoms with van der Waals surface area (Å²) in [6, 6.07) is 6.56. The number of piperidine rings is 1. The van der Waals surface area contributed by atoms with Crippen molar-refractivity contribution in [3.05, 3.63) is 29.8 Å². The number of carbonyl (C=O) groups excluding carboxylic acids is 2. The molecule has 1 aliphatic heterocycles. The van der Waals surface area contributed by atoms with Crippen LogP contribution in [-0.4, -0.2) is 47.1 Å². The number of rotatable bonds is 4. The second-order valence-electron chi connectivity index (χ2n) is 5.53. The zero-order chi connectivity index (χ0) is 15.5. The van der Waals surface area contributed by atoms with Crippen LogP contribution in [0.5, 0.6) is 5.75 Å². The fourth-order valence-corrected chi connectivity index (χ4v) is 2.26. The molecule has 1 aromatic carbocycles. The molecule has 2 amide bonds. The minimum absolute atomic E-state index is 0.146. The largest absolute Gasteiger partial charge is 0.483 e. The van der Waals surface area contributed by atoms with Crippen LogP contribution >= 0.6 is 0 Å². The fraction of sp³-hybridized carbons (Fsp3) is 0.467. The average molecular weight is 292 g/mol. The van der Waals surface area contributed by atoms with E-state index in [0.717, 1.165) is 0 Å². The van der Waals surface area contributed by atoms with E-state index in [1.165, 1.54) is 0 Å². The van der Waals surface area contributed by atoms with Crippen molar-refractivity contribution >= 4 is 11.8 Å². The number of para-hydroxylation sites is 1. The first-order valence-corrected chi connectivity index (χ1v) is 6.91. The van der Waals surface area contributed by atoms with Crippen LogP contribution in [0.1, 0.15) is 30.1 Å². The van der Waals surface area contributed by atoms with E-state index in [4.69, 9.17) is 10.5 Å². The van der Waals surface area contributed by atoms with Gasteiger partial charge in [-0.15, -0.1) is 0 Å². The molecule has 0 spiro atoms. The van der Waals surface area contributed by atoms with Crippen molar-refractivity contribution in [3.8, 4) is 5.75 Å². The molecule has 21 heavy (non-hydrogen) atoms. The molecule has 0 radical (unpaired) electrons. The highest BCUT2D eigenvalue weighted by Gasteiger charge is 2.29. The van der Waals surface area contributed by atoms with Crippen LogP contribution in [-0.2, 0) is 4.79 Å². The Morgan fingerprint density at radius 1 is 1.33 bits per heavy atom. The molecule has 1 aliphatic rings. The lowest BCUT2D eigenvalue weighted by Gasteiger charge is -2.35. The molecular formula is C15H20N2O4. The molecule has 0 atom stereocenters. The Bertz CT molecular complexity index is 532. The number of hydrogen-bond donors (Lipinski definition) is 2. The van der Waals surface area contributed by atoms with Crippen molar-refractivity contribution in [1.82, 2.24) is 4.90 Å². The van der Waals surface area contributed by atoms with Crippen LogP contribution in [0, 0.1) is 0 Å². The number of amides is 2. The van der Waals surface area contributed by atoms with Crippen molar-refractivity contribution < 1.29 is 19.4 Å². The third-order valence-electron chi connectivity index (χ3n) is 3.70. The number of carbonyl (C=O) groups is 2. The Morgan fingerprint density at radius 2 is 1.95 bits per heavy atom. The highest BCUT2D eigenvalue weighted by molar-refractivity contribution is 5.95. The van der Waals surface area contributed by atoms with Crippen molar-refractivity contribution in [2.75, 3.05) is 19.7 Å². The summed E-state index contributed by atoms with van der Waals surface area (Å²) in [4.78, 5) is 25.0. The smallest absolute Gasteiger partial charge is 0.260 e. The van der Waals surface area contributed by atoms with E-state index in [1.54, 1.807) is 36.1 Å². The summed E-state index contributed by atoms with van der Waals surface area (Å²) in [5.41, 5.74) is 4.81. The average Bonchev–Trinajstić information content (AvgIpc) is 2.45. The van der Waals surface area contributed by atoms with E-state index in [9.17, 15) is 14.7 Å². The SMILES string of the molecule is CC1(O)CCN(C(=O)COc2ccccc2C(N)=O)CC1. The second-order valence-corrected chi connectivity index (χ2v) is 5.53. The minimum atomic E-state index is -0.698. The van der Waals surface area contributed by atoms with E-state index >= 15 is 0 Å². The number of aliphatic hydroxyl groups is 1. The van der Waals surface area contributed by atoms with Gasteiger partial charge in [0.25, 0.3) is 11.8 Å². The van der Waals surface area contributed by atoms with Gasteiger partial charge in [-0.1, -0.05) is 12.1 Å². The standard InChI is InChI=1S/C15H20N2O4/c1-15(20)6-8-17(9-7-15)13(18)10-21-12-5-3-2-4-11(12)14(16)19/h2-5,20H,6-10H2,1H3,(H2,16,19). The third kappa shape index (κ3) is 3.95. The fourth-order valence-electron chi connectivity index (χ4n) is 2.26. The molecule has 0 aromatic heterocycles. The highest BCUT2D eigenvalue weighted by Crippen LogP contribution is 2.22. The maximum absolute atomic E-state index is 12.1. The normalized spacial score (nSPS) is 17.3.